The number of aromatic amines is 1. The molecule has 0 spiro atoms. The Bertz CT molecular complexity index is 7500. The summed E-state index contributed by atoms with van der Waals surface area (Å²) in [7, 11) is 0. The third kappa shape index (κ3) is 8.66. The van der Waals surface area contributed by atoms with Gasteiger partial charge in [-0.05, 0) is 171 Å². The summed E-state index contributed by atoms with van der Waals surface area (Å²) in [6.07, 6.45) is 0. The van der Waals surface area contributed by atoms with Crippen LogP contribution in [-0.4, -0.2) is 18.7 Å². The van der Waals surface area contributed by atoms with Crippen molar-refractivity contribution >= 4 is 168 Å². The van der Waals surface area contributed by atoms with Crippen LogP contribution in [0.3, 0.4) is 0 Å². The first-order chi connectivity index (χ1) is 52.6. The van der Waals surface area contributed by atoms with E-state index in [1.807, 2.05) is 0 Å². The van der Waals surface area contributed by atoms with Crippen molar-refractivity contribution in [3.63, 3.8) is 0 Å². The lowest BCUT2D eigenvalue weighted by Gasteiger charge is -2.23. The summed E-state index contributed by atoms with van der Waals surface area (Å²) in [5.74, 6) is 0. The highest BCUT2D eigenvalue weighted by atomic mass is 79.9. The molecule has 0 saturated carbocycles. The predicted octanol–water partition coefficient (Wildman–Crippen LogP) is 28.3. The maximum absolute atomic E-state index is 3.86. The molecule has 4 nitrogen and oxygen atoms in total. The second-order valence-electron chi connectivity index (χ2n) is 30.3. The summed E-state index contributed by atoms with van der Waals surface area (Å²) in [6.45, 7) is 9.64. The topological polar surface area (TPSA) is 30.6 Å². The predicted molar refractivity (Wildman–Crippen MR) is 460 cm³/mol. The molecule has 18 aromatic carbocycles. The van der Waals surface area contributed by atoms with Gasteiger partial charge >= 0.3 is 0 Å². The minimum Gasteiger partial charge on any atom is -0.354 e. The Labute approximate surface area is 626 Å². The van der Waals surface area contributed by atoms with Crippen molar-refractivity contribution in [3.8, 4) is 39.3 Å². The third-order valence-electron chi connectivity index (χ3n) is 24.0. The molecule has 0 unspecified atom stereocenters. The van der Waals surface area contributed by atoms with Crippen LogP contribution in [0.4, 0.5) is 0 Å². The van der Waals surface area contributed by atoms with Crippen LogP contribution in [0.1, 0.15) is 49.9 Å². The summed E-state index contributed by atoms with van der Waals surface area (Å²) in [5.41, 5.74) is 24.2. The zero-order valence-corrected chi connectivity index (χ0v) is 61.1. The maximum Gasteiger partial charge on any atom is 0.0644 e. The fourth-order valence-corrected chi connectivity index (χ4v) is 20.0. The van der Waals surface area contributed by atoms with Crippen molar-refractivity contribution in [1.29, 1.82) is 0 Å². The smallest absolute Gasteiger partial charge is 0.0644 e. The van der Waals surface area contributed by atoms with Gasteiger partial charge in [-0.3, -0.25) is 0 Å². The highest BCUT2D eigenvalue weighted by molar-refractivity contribution is 9.10. The van der Waals surface area contributed by atoms with Gasteiger partial charge in [-0.1, -0.05) is 311 Å². The lowest BCUT2D eigenvalue weighted by Crippen LogP contribution is -2.15. The van der Waals surface area contributed by atoms with Gasteiger partial charge in [0.05, 0.1) is 38.6 Å². The summed E-state index contributed by atoms with van der Waals surface area (Å²) in [4.78, 5) is 3.86. The molecule has 0 bridgehead atoms. The van der Waals surface area contributed by atoms with Gasteiger partial charge in [-0.2, -0.15) is 0 Å². The number of hydrogen-bond donors (Lipinski definition) is 1. The van der Waals surface area contributed by atoms with E-state index in [2.05, 4.69) is 402 Å². The molecule has 0 amide bonds. The highest BCUT2D eigenvalue weighted by Crippen LogP contribution is 2.60. The minimum absolute atomic E-state index is 0.110. The number of nitrogens with one attached hydrogen (secondary N) is 1. The SMILES string of the molecule is Brc1ccc2c3ccccc3c3ccccc3c2c1.CC1(C)c2ccccc2-c2c1c1c3ccccc3[nH]c1c1c3ccccc3n(-c3ccccc3)c21.CC1(C)c2ccccc2-c2c1c1c3ccccc3n(-c3ccc4c5ccccc5c5ccccc5c4c3)c1c1c3ccccc3n(-c3ccccc3)c21. The van der Waals surface area contributed by atoms with Crippen LogP contribution in [0, 0.1) is 0 Å². The molecule has 1 N–H and O–H groups in total. The zero-order valence-electron chi connectivity index (χ0n) is 59.6. The Morgan fingerprint density at radius 1 is 0.252 bits per heavy atom. The first kappa shape index (κ1) is 61.7. The van der Waals surface area contributed by atoms with Crippen LogP contribution in [0.5, 0.6) is 0 Å². The average molecular weight is 1430 g/mol. The minimum atomic E-state index is -0.218. The van der Waals surface area contributed by atoms with Crippen LogP contribution in [0.15, 0.2) is 344 Å². The fourth-order valence-electron chi connectivity index (χ4n) is 19.7. The van der Waals surface area contributed by atoms with Gasteiger partial charge in [0.1, 0.15) is 0 Å². The quantitative estimate of drug-likeness (QED) is 0.171. The van der Waals surface area contributed by atoms with Gasteiger partial charge in [0, 0.05) is 92.1 Å². The van der Waals surface area contributed by atoms with Gasteiger partial charge in [-0.25, -0.2) is 0 Å². The number of rotatable bonds is 3. The molecule has 0 atom stereocenters. The number of halogens is 1. The van der Waals surface area contributed by atoms with Crippen molar-refractivity contribution < 1.29 is 0 Å². The molecule has 504 valence electrons. The Morgan fingerprint density at radius 3 is 1.07 bits per heavy atom. The van der Waals surface area contributed by atoms with E-state index in [4.69, 9.17) is 0 Å². The van der Waals surface area contributed by atoms with Crippen molar-refractivity contribution in [2.24, 2.45) is 0 Å². The molecule has 2 aliphatic rings. The van der Waals surface area contributed by atoms with Gasteiger partial charge in [-0.15, -0.1) is 0 Å². The lowest BCUT2D eigenvalue weighted by atomic mass is 9.80. The van der Waals surface area contributed by atoms with E-state index in [9.17, 15) is 0 Å². The first-order valence-electron chi connectivity index (χ1n) is 37.3. The molecule has 22 aromatic rings. The molecule has 0 saturated heterocycles. The van der Waals surface area contributed by atoms with Crippen molar-refractivity contribution in [1.82, 2.24) is 18.7 Å². The highest BCUT2D eigenvalue weighted by Gasteiger charge is 2.43. The Morgan fingerprint density at radius 2 is 0.589 bits per heavy atom. The van der Waals surface area contributed by atoms with Gasteiger partial charge in [0.25, 0.3) is 0 Å². The van der Waals surface area contributed by atoms with E-state index in [0.717, 1.165) is 4.47 Å². The van der Waals surface area contributed by atoms with Crippen LogP contribution in [0.25, 0.3) is 191 Å². The van der Waals surface area contributed by atoms with Gasteiger partial charge in [0.15, 0.2) is 0 Å². The normalized spacial score (nSPS) is 13.4. The zero-order chi connectivity index (χ0) is 71.1. The molecule has 5 heteroatoms. The molecule has 2 aliphatic carbocycles. The second-order valence-corrected chi connectivity index (χ2v) is 31.2. The number of fused-ring (bicyclic) bond motifs is 36. The molecule has 4 heterocycles. The van der Waals surface area contributed by atoms with Gasteiger partial charge in [0.2, 0.25) is 0 Å². The van der Waals surface area contributed by atoms with E-state index in [1.54, 1.807) is 0 Å². The number of aromatic nitrogens is 4. The third-order valence-corrected chi connectivity index (χ3v) is 24.5. The summed E-state index contributed by atoms with van der Waals surface area (Å²) < 4.78 is 8.72. The standard InChI is InChI=1S/C51H34N2.C33H24N2.C18H11Br/c1-51(2)42-25-13-10-22-38(42)45-48(51)46-39-23-11-14-26-43(39)53(50(46)47-40-24-12-15-27-44(40)52(49(45)47)31-16-4-3-5-17-31)32-28-29-37-35-20-7-6-18-33(35)34-19-8-9-21-36(34)41(37)30-32;1-33(2)24-17-9-6-14-21(24)28-30(33)27-22-15-7-10-18-25(22)34-31(27)29-23-16-8-11-19-26(23)35(32(28)29)20-12-4-3-5-13-20;19-12-9-10-17-15-7-2-1-5-13(15)14-6-3-4-8-16(14)18(17)11-12/h3-30H,1-2H3;3-19,34H,1-2H3;1-11H. The Balaban J connectivity index is 0.000000112. The van der Waals surface area contributed by atoms with E-state index >= 15 is 0 Å². The lowest BCUT2D eigenvalue weighted by molar-refractivity contribution is 0.666. The molecule has 0 fully saturated rings. The van der Waals surface area contributed by atoms with Crippen molar-refractivity contribution in [3.05, 3.63) is 366 Å². The van der Waals surface area contributed by atoms with E-state index in [-0.39, 0.29) is 10.8 Å². The first-order valence-corrected chi connectivity index (χ1v) is 38.1. The number of H-pyrrole nitrogens is 1. The Kier molecular flexibility index (Phi) is 13.3. The monoisotopic (exact) mass is 1430 g/mol. The summed E-state index contributed by atoms with van der Waals surface area (Å²) in [6, 6.07) is 124. The van der Waals surface area contributed by atoms with Crippen LogP contribution >= 0.6 is 15.9 Å². The molecule has 24 rings (SSSR count). The summed E-state index contributed by atoms with van der Waals surface area (Å²) >= 11 is 3.58. The summed E-state index contributed by atoms with van der Waals surface area (Å²) in [5, 5.41) is 26.1. The molecule has 0 aliphatic heterocycles. The van der Waals surface area contributed by atoms with Gasteiger partial charge < -0.3 is 18.7 Å². The van der Waals surface area contributed by atoms with Crippen LogP contribution in [-0.2, 0) is 10.8 Å². The molecular formula is C102H69BrN4. The molecular weight excluding hydrogens is 1360 g/mol. The van der Waals surface area contributed by atoms with Crippen molar-refractivity contribution in [2.45, 2.75) is 38.5 Å². The number of benzene rings is 18. The van der Waals surface area contributed by atoms with Crippen LogP contribution < -0.4 is 0 Å². The van der Waals surface area contributed by atoms with Crippen molar-refractivity contribution in [2.75, 3.05) is 0 Å². The van der Waals surface area contributed by atoms with Crippen LogP contribution in [0.2, 0.25) is 0 Å². The van der Waals surface area contributed by atoms with E-state index in [1.165, 1.54) is 213 Å². The molecule has 4 aromatic heterocycles. The number of hydrogen-bond acceptors (Lipinski definition) is 0. The largest absolute Gasteiger partial charge is 0.354 e. The Hall–Kier alpha value is -12.8. The molecule has 107 heavy (non-hydrogen) atoms. The van der Waals surface area contributed by atoms with E-state index in [0.29, 0.717) is 0 Å². The second kappa shape index (κ2) is 23.1. The number of nitrogens with zero attached hydrogens (tertiary/aromatic N) is 3. The maximum atomic E-state index is 3.86. The fraction of sp³-hybridized carbons (Fsp3) is 0.0588. The number of para-hydroxylation sites is 6. The average Bonchev–Trinajstić information content (AvgIpc) is 1.51. The molecule has 0 radical (unpaired) electrons. The van der Waals surface area contributed by atoms with E-state index < -0.39 is 0 Å².